The first-order valence-electron chi connectivity index (χ1n) is 15.4. The molecule has 0 N–H and O–H groups in total. The van der Waals surface area contributed by atoms with Gasteiger partial charge < -0.3 is 14.5 Å². The van der Waals surface area contributed by atoms with Gasteiger partial charge in [0, 0.05) is 45.9 Å². The van der Waals surface area contributed by atoms with Gasteiger partial charge >= 0.3 is 0 Å². The molecule has 0 saturated heterocycles. The van der Waals surface area contributed by atoms with Crippen LogP contribution in [0.25, 0.3) is 27.6 Å². The van der Waals surface area contributed by atoms with Crippen LogP contribution in [0.2, 0.25) is 0 Å². The monoisotopic (exact) mass is 541 g/mol. The zero-order valence-electron chi connectivity index (χ0n) is 26.7. The standard InChI is InChI=1S/C36H34N4O/c1-24-13-16-32-34(19-24)38(5)23-39(32)26-9-8-10-27(21-26)41-28-14-15-30-29-11-6-7-12-31(29)40(33(30)22-28)35-20-25(17-18-37-35)36(2,3)4/h6-22H,23H2,1-5H3/i5D3. The Hall–Kier alpha value is -4.77. The quantitative estimate of drug-likeness (QED) is 0.223. The van der Waals surface area contributed by atoms with Crippen LogP contribution < -0.4 is 14.5 Å². The van der Waals surface area contributed by atoms with E-state index in [2.05, 4.69) is 73.9 Å². The SMILES string of the molecule is [2H]C([2H])([2H])N1CN(c2cccc(Oc3ccc4c5ccccc5n(-c5cc(C(C)(C)C)ccn5)c4c3)c2)c2ccc(C)cc21. The highest BCUT2D eigenvalue weighted by atomic mass is 16.5. The Kier molecular flexibility index (Phi) is 5.05. The Balaban J connectivity index is 1.28. The van der Waals surface area contributed by atoms with Gasteiger partial charge in [0.25, 0.3) is 0 Å². The maximum absolute atomic E-state index is 8.10. The van der Waals surface area contributed by atoms with Gasteiger partial charge in [-0.05, 0) is 78.1 Å². The number of nitrogens with zero attached hydrogens (tertiary/aromatic N) is 4. The summed E-state index contributed by atoms with van der Waals surface area (Å²) in [5.74, 6) is 2.23. The first-order valence-corrected chi connectivity index (χ1v) is 13.9. The van der Waals surface area contributed by atoms with Crippen LogP contribution >= 0.6 is 0 Å². The number of anilines is 3. The highest BCUT2D eigenvalue weighted by Crippen LogP contribution is 2.42. The fraction of sp³-hybridized carbons (Fsp3) is 0.194. The molecule has 0 fully saturated rings. The van der Waals surface area contributed by atoms with Crippen molar-refractivity contribution in [1.29, 1.82) is 0 Å². The number of para-hydroxylation sites is 1. The van der Waals surface area contributed by atoms with Crippen molar-refractivity contribution in [2.45, 2.75) is 33.1 Å². The summed E-state index contributed by atoms with van der Waals surface area (Å²) in [6.07, 6.45) is 1.88. The molecule has 0 radical (unpaired) electrons. The summed E-state index contributed by atoms with van der Waals surface area (Å²) in [6.45, 7) is 6.58. The Morgan fingerprint density at radius 1 is 0.780 bits per heavy atom. The molecule has 1 aliphatic heterocycles. The fourth-order valence-electron chi connectivity index (χ4n) is 5.71. The van der Waals surface area contributed by atoms with E-state index in [1.54, 1.807) is 0 Å². The number of rotatable bonds is 4. The lowest BCUT2D eigenvalue weighted by molar-refractivity contribution is 0.483. The molecule has 2 aromatic heterocycles. The lowest BCUT2D eigenvalue weighted by Gasteiger charge is -2.20. The molecule has 4 aromatic carbocycles. The smallest absolute Gasteiger partial charge is 0.137 e. The largest absolute Gasteiger partial charge is 0.457 e. The number of aromatic nitrogens is 2. The average molecular weight is 542 g/mol. The maximum Gasteiger partial charge on any atom is 0.137 e. The Labute approximate surface area is 245 Å². The summed E-state index contributed by atoms with van der Waals surface area (Å²) < 4.78 is 33.0. The van der Waals surface area contributed by atoms with Crippen LogP contribution in [0.4, 0.5) is 17.1 Å². The summed E-state index contributed by atoms with van der Waals surface area (Å²) in [5, 5.41) is 2.28. The molecule has 3 heterocycles. The van der Waals surface area contributed by atoms with E-state index in [0.717, 1.165) is 44.6 Å². The minimum atomic E-state index is -2.25. The normalized spacial score (nSPS) is 14.7. The van der Waals surface area contributed by atoms with Crippen molar-refractivity contribution in [3.8, 4) is 17.3 Å². The Morgan fingerprint density at radius 2 is 1.61 bits per heavy atom. The van der Waals surface area contributed by atoms with E-state index in [1.165, 1.54) is 10.5 Å². The average Bonchev–Trinajstić information content (AvgIpc) is 3.53. The molecule has 7 rings (SSSR count). The zero-order valence-corrected chi connectivity index (χ0v) is 23.7. The molecular weight excluding hydrogens is 504 g/mol. The van der Waals surface area contributed by atoms with Crippen LogP contribution in [0.15, 0.2) is 103 Å². The van der Waals surface area contributed by atoms with Crippen LogP contribution in [-0.4, -0.2) is 23.2 Å². The second-order valence-electron chi connectivity index (χ2n) is 11.8. The van der Waals surface area contributed by atoms with Gasteiger partial charge in [0.05, 0.1) is 29.1 Å². The minimum absolute atomic E-state index is 0.00898. The number of fused-ring (bicyclic) bond motifs is 4. The highest BCUT2D eigenvalue weighted by Gasteiger charge is 2.25. The van der Waals surface area contributed by atoms with E-state index in [0.29, 0.717) is 17.2 Å². The molecule has 0 aliphatic carbocycles. The summed E-state index contributed by atoms with van der Waals surface area (Å²) in [5.41, 5.74) is 6.75. The molecular formula is C36H34N4O. The lowest BCUT2D eigenvalue weighted by atomic mass is 9.88. The van der Waals surface area contributed by atoms with Crippen molar-refractivity contribution >= 4 is 38.9 Å². The number of benzene rings is 4. The zero-order chi connectivity index (χ0) is 30.8. The van der Waals surface area contributed by atoms with Gasteiger partial charge in [-0.2, -0.15) is 0 Å². The van der Waals surface area contributed by atoms with Crippen LogP contribution in [0.3, 0.4) is 0 Å². The van der Waals surface area contributed by atoms with Crippen molar-refractivity contribution in [3.63, 3.8) is 0 Å². The number of hydrogen-bond donors (Lipinski definition) is 0. The van der Waals surface area contributed by atoms with Crippen molar-refractivity contribution < 1.29 is 8.85 Å². The number of aryl methyl sites for hydroxylation is 1. The highest BCUT2D eigenvalue weighted by molar-refractivity contribution is 6.09. The third-order valence-corrected chi connectivity index (χ3v) is 7.85. The Morgan fingerprint density at radius 3 is 2.46 bits per heavy atom. The van der Waals surface area contributed by atoms with Gasteiger partial charge in [0.15, 0.2) is 0 Å². The molecule has 0 saturated carbocycles. The molecule has 0 bridgehead atoms. The first kappa shape index (κ1) is 22.0. The molecule has 1 aliphatic rings. The van der Waals surface area contributed by atoms with Crippen LogP contribution in [0.5, 0.6) is 11.5 Å². The second kappa shape index (κ2) is 9.41. The van der Waals surface area contributed by atoms with E-state index in [9.17, 15) is 0 Å². The van der Waals surface area contributed by atoms with Gasteiger partial charge in [0.1, 0.15) is 17.3 Å². The van der Waals surface area contributed by atoms with E-state index >= 15 is 0 Å². The first-order chi connectivity index (χ1) is 21.0. The Bertz CT molecular complexity index is 2040. The van der Waals surface area contributed by atoms with Crippen molar-refractivity contribution in [2.75, 3.05) is 23.4 Å². The third kappa shape index (κ3) is 4.38. The maximum atomic E-state index is 8.10. The minimum Gasteiger partial charge on any atom is -0.457 e. The summed E-state index contributed by atoms with van der Waals surface area (Å²) in [4.78, 5) is 8.27. The summed E-state index contributed by atoms with van der Waals surface area (Å²) in [7, 11) is 0. The number of hydrogen-bond acceptors (Lipinski definition) is 4. The van der Waals surface area contributed by atoms with Gasteiger partial charge in [0.2, 0.25) is 0 Å². The third-order valence-electron chi connectivity index (χ3n) is 7.85. The summed E-state index contributed by atoms with van der Waals surface area (Å²) in [6, 6.07) is 32.5. The second-order valence-corrected chi connectivity index (χ2v) is 11.8. The molecule has 0 atom stereocenters. The number of pyridine rings is 1. The van der Waals surface area contributed by atoms with Gasteiger partial charge in [-0.1, -0.05) is 51.1 Å². The predicted molar refractivity (Wildman–Crippen MR) is 170 cm³/mol. The molecule has 0 unspecified atom stereocenters. The van der Waals surface area contributed by atoms with E-state index < -0.39 is 6.98 Å². The lowest BCUT2D eigenvalue weighted by Crippen LogP contribution is -2.23. The van der Waals surface area contributed by atoms with Crippen LogP contribution in [-0.2, 0) is 5.41 Å². The summed E-state index contributed by atoms with van der Waals surface area (Å²) >= 11 is 0. The fourth-order valence-corrected chi connectivity index (χ4v) is 5.71. The number of ether oxygens (including phenoxy) is 1. The van der Waals surface area contributed by atoms with Gasteiger partial charge in [-0.3, -0.25) is 4.57 Å². The topological polar surface area (TPSA) is 33.5 Å². The van der Waals surface area contributed by atoms with E-state index in [1.807, 2.05) is 66.6 Å². The van der Waals surface area contributed by atoms with Crippen LogP contribution in [0, 0.1) is 6.92 Å². The molecule has 0 spiro atoms. The molecule has 0 amide bonds. The van der Waals surface area contributed by atoms with Crippen molar-refractivity contribution in [3.05, 3.63) is 114 Å². The van der Waals surface area contributed by atoms with Crippen molar-refractivity contribution in [2.24, 2.45) is 0 Å². The molecule has 5 heteroatoms. The van der Waals surface area contributed by atoms with Gasteiger partial charge in [-0.15, -0.1) is 0 Å². The van der Waals surface area contributed by atoms with Gasteiger partial charge in [-0.25, -0.2) is 4.98 Å². The van der Waals surface area contributed by atoms with E-state index in [4.69, 9.17) is 13.8 Å². The molecule has 41 heavy (non-hydrogen) atoms. The predicted octanol–water partition coefficient (Wildman–Crippen LogP) is 9.12. The van der Waals surface area contributed by atoms with Crippen LogP contribution in [0.1, 0.15) is 36.0 Å². The van der Waals surface area contributed by atoms with E-state index in [-0.39, 0.29) is 12.1 Å². The molecule has 204 valence electrons. The molecule has 5 nitrogen and oxygen atoms in total. The molecule has 6 aromatic rings. The van der Waals surface area contributed by atoms with Crippen molar-refractivity contribution in [1.82, 2.24) is 9.55 Å².